The maximum Gasteiger partial charge on any atom is 0.306 e. The second-order valence-electron chi connectivity index (χ2n) is 19.9. The number of ether oxygens (including phenoxy) is 3. The Hall–Kier alpha value is -2.37. The van der Waals surface area contributed by atoms with Gasteiger partial charge in [0.15, 0.2) is 6.10 Å². The minimum atomic E-state index is -0.776. The predicted molar refractivity (Wildman–Crippen MR) is 289 cm³/mol. The Morgan fingerprint density at radius 2 is 0.493 bits per heavy atom. The number of carbonyl (C=O) groups is 3. The summed E-state index contributed by atoms with van der Waals surface area (Å²) in [5.74, 6) is -0.871. The van der Waals surface area contributed by atoms with Gasteiger partial charge in [-0.3, -0.25) is 14.4 Å². The Morgan fingerprint density at radius 3 is 0.761 bits per heavy atom. The Labute approximate surface area is 416 Å². The number of rotatable bonds is 54. The zero-order chi connectivity index (χ0) is 48.6. The lowest BCUT2D eigenvalue weighted by molar-refractivity contribution is -0.167. The maximum atomic E-state index is 12.9. The highest BCUT2D eigenvalue weighted by atomic mass is 16.6. The Kier molecular flexibility index (Phi) is 54.2. The van der Waals surface area contributed by atoms with Crippen LogP contribution in [-0.2, 0) is 28.6 Å². The van der Waals surface area contributed by atoms with E-state index in [-0.39, 0.29) is 31.1 Å². The number of allylic oxidation sites excluding steroid dienone is 6. The van der Waals surface area contributed by atoms with Crippen molar-refractivity contribution in [2.24, 2.45) is 0 Å². The Morgan fingerprint density at radius 1 is 0.284 bits per heavy atom. The SMILES string of the molecule is CCCCCC/C=C\CCCCCCCCCC(=O)OC[C@@H](COC(=O)CCCCCCCCC/C=C\CCCCCCCC)OC(=O)CCCCCCCCC/C=C\CCCCCCCC. The van der Waals surface area contributed by atoms with Crippen molar-refractivity contribution in [2.45, 2.75) is 322 Å². The fourth-order valence-corrected chi connectivity index (χ4v) is 8.60. The molecule has 67 heavy (non-hydrogen) atoms. The smallest absolute Gasteiger partial charge is 0.306 e. The fourth-order valence-electron chi connectivity index (χ4n) is 8.60. The molecule has 0 saturated carbocycles. The molecule has 0 fully saturated rings. The molecule has 0 unspecified atom stereocenters. The second kappa shape index (κ2) is 56.2. The molecule has 0 aromatic heterocycles. The van der Waals surface area contributed by atoms with Crippen molar-refractivity contribution >= 4 is 17.9 Å². The van der Waals surface area contributed by atoms with Crippen molar-refractivity contribution in [2.75, 3.05) is 13.2 Å². The van der Waals surface area contributed by atoms with Crippen molar-refractivity contribution in [3.8, 4) is 0 Å². The second-order valence-corrected chi connectivity index (χ2v) is 19.9. The van der Waals surface area contributed by atoms with Gasteiger partial charge in [0.2, 0.25) is 0 Å². The summed E-state index contributed by atoms with van der Waals surface area (Å²) in [6.45, 7) is 6.65. The molecule has 0 aliphatic carbocycles. The van der Waals surface area contributed by atoms with Crippen LogP contribution in [0.5, 0.6) is 0 Å². The summed E-state index contributed by atoms with van der Waals surface area (Å²) in [6.07, 6.45) is 67.0. The largest absolute Gasteiger partial charge is 0.462 e. The minimum Gasteiger partial charge on any atom is -0.462 e. The fraction of sp³-hybridized carbons (Fsp3) is 0.852. The molecule has 0 aromatic rings. The average molecular weight is 942 g/mol. The molecule has 1 atom stereocenters. The lowest BCUT2D eigenvalue weighted by atomic mass is 10.1. The van der Waals surface area contributed by atoms with Gasteiger partial charge in [-0.2, -0.15) is 0 Å². The van der Waals surface area contributed by atoms with Crippen LogP contribution < -0.4 is 0 Å². The summed E-state index contributed by atoms with van der Waals surface area (Å²) < 4.78 is 16.9. The van der Waals surface area contributed by atoms with Crippen LogP contribution in [0, 0.1) is 0 Å². The molecule has 0 amide bonds. The Bertz CT molecular complexity index is 1130. The summed E-state index contributed by atoms with van der Waals surface area (Å²) in [5.41, 5.74) is 0. The first-order valence-corrected chi connectivity index (χ1v) is 29.5. The lowest BCUT2D eigenvalue weighted by Crippen LogP contribution is -2.30. The summed E-state index contributed by atoms with van der Waals surface area (Å²) in [4.78, 5) is 38.2. The molecule has 6 nitrogen and oxygen atoms in total. The average Bonchev–Trinajstić information content (AvgIpc) is 3.33. The molecule has 6 heteroatoms. The van der Waals surface area contributed by atoms with Crippen molar-refractivity contribution in [3.63, 3.8) is 0 Å². The molecule has 392 valence electrons. The molecule has 0 saturated heterocycles. The quantitative estimate of drug-likeness (QED) is 0.0262. The van der Waals surface area contributed by atoms with Crippen LogP contribution in [0.1, 0.15) is 316 Å². The van der Waals surface area contributed by atoms with Gasteiger partial charge in [0.1, 0.15) is 13.2 Å². The van der Waals surface area contributed by atoms with Crippen LogP contribution >= 0.6 is 0 Å². The molecule has 0 rings (SSSR count). The van der Waals surface area contributed by atoms with E-state index in [1.807, 2.05) is 0 Å². The summed E-state index contributed by atoms with van der Waals surface area (Å²) in [7, 11) is 0. The van der Waals surface area contributed by atoms with Crippen LogP contribution in [0.4, 0.5) is 0 Å². The standard InChI is InChI=1S/C61H112O6/c1-4-7-10-13-16-19-22-25-28-30-33-36-39-42-45-48-51-54-60(63)66-57-58(56-65-59(62)53-50-47-44-41-38-35-32-27-24-21-18-15-12-9-6-3)67-61(64)55-52-49-46-43-40-37-34-31-29-26-23-20-17-14-11-8-5-2/h21,24-26,28-29,58H,4-20,22-23,27,30-57H2,1-3H3/b24-21-,28-25-,29-26-/t58-/m0/s1. The van der Waals surface area contributed by atoms with Gasteiger partial charge < -0.3 is 14.2 Å². The highest BCUT2D eigenvalue weighted by Gasteiger charge is 2.19. The van der Waals surface area contributed by atoms with Gasteiger partial charge in [0.25, 0.3) is 0 Å². The molecule has 0 spiro atoms. The van der Waals surface area contributed by atoms with Crippen LogP contribution in [-0.4, -0.2) is 37.2 Å². The first kappa shape index (κ1) is 64.6. The molecule has 0 bridgehead atoms. The molecule has 0 radical (unpaired) electrons. The van der Waals surface area contributed by atoms with Crippen LogP contribution in [0.3, 0.4) is 0 Å². The van der Waals surface area contributed by atoms with Gasteiger partial charge in [0, 0.05) is 19.3 Å². The molecule has 0 aliphatic heterocycles. The first-order chi connectivity index (χ1) is 33.0. The van der Waals surface area contributed by atoms with E-state index < -0.39 is 6.10 Å². The molecule has 0 aromatic carbocycles. The zero-order valence-corrected chi connectivity index (χ0v) is 44.9. The molecule has 0 aliphatic rings. The normalized spacial score (nSPS) is 12.2. The number of esters is 3. The Balaban J connectivity index is 4.36. The van der Waals surface area contributed by atoms with Crippen LogP contribution in [0.15, 0.2) is 36.5 Å². The maximum absolute atomic E-state index is 12.9. The van der Waals surface area contributed by atoms with Gasteiger partial charge in [-0.1, -0.05) is 237 Å². The van der Waals surface area contributed by atoms with E-state index >= 15 is 0 Å². The summed E-state index contributed by atoms with van der Waals surface area (Å²) >= 11 is 0. The highest BCUT2D eigenvalue weighted by molar-refractivity contribution is 5.71. The van der Waals surface area contributed by atoms with E-state index in [9.17, 15) is 14.4 Å². The number of hydrogen-bond donors (Lipinski definition) is 0. The summed E-state index contributed by atoms with van der Waals surface area (Å²) in [5, 5.41) is 0. The molecular formula is C61H112O6. The van der Waals surface area contributed by atoms with Crippen LogP contribution in [0.25, 0.3) is 0 Å². The van der Waals surface area contributed by atoms with E-state index in [1.165, 1.54) is 218 Å². The van der Waals surface area contributed by atoms with Gasteiger partial charge in [0.05, 0.1) is 0 Å². The predicted octanol–water partition coefficient (Wildman–Crippen LogP) is 19.7. The molecular weight excluding hydrogens is 829 g/mol. The van der Waals surface area contributed by atoms with E-state index in [0.717, 1.165) is 57.8 Å². The third-order valence-corrected chi connectivity index (χ3v) is 13.1. The van der Waals surface area contributed by atoms with Crippen LogP contribution in [0.2, 0.25) is 0 Å². The van der Waals surface area contributed by atoms with E-state index in [2.05, 4.69) is 57.2 Å². The monoisotopic (exact) mass is 941 g/mol. The topological polar surface area (TPSA) is 78.9 Å². The summed E-state index contributed by atoms with van der Waals surface area (Å²) in [6, 6.07) is 0. The van der Waals surface area contributed by atoms with Crippen molar-refractivity contribution < 1.29 is 28.6 Å². The molecule has 0 N–H and O–H groups in total. The van der Waals surface area contributed by atoms with Crippen molar-refractivity contribution in [3.05, 3.63) is 36.5 Å². The van der Waals surface area contributed by atoms with Gasteiger partial charge in [-0.05, 0) is 96.3 Å². The number of hydrogen-bond acceptors (Lipinski definition) is 6. The van der Waals surface area contributed by atoms with Gasteiger partial charge in [-0.25, -0.2) is 0 Å². The van der Waals surface area contributed by atoms with Gasteiger partial charge in [-0.15, -0.1) is 0 Å². The number of unbranched alkanes of at least 4 members (excludes halogenated alkanes) is 37. The van der Waals surface area contributed by atoms with Crippen molar-refractivity contribution in [1.82, 2.24) is 0 Å². The van der Waals surface area contributed by atoms with Gasteiger partial charge >= 0.3 is 17.9 Å². The molecule has 0 heterocycles. The third-order valence-electron chi connectivity index (χ3n) is 13.1. The van der Waals surface area contributed by atoms with E-state index in [0.29, 0.717) is 19.3 Å². The minimum absolute atomic E-state index is 0.0752. The van der Waals surface area contributed by atoms with E-state index in [4.69, 9.17) is 14.2 Å². The van der Waals surface area contributed by atoms with Crippen molar-refractivity contribution in [1.29, 1.82) is 0 Å². The highest BCUT2D eigenvalue weighted by Crippen LogP contribution is 2.16. The third kappa shape index (κ3) is 54.4. The van der Waals surface area contributed by atoms with E-state index in [1.54, 1.807) is 0 Å². The lowest BCUT2D eigenvalue weighted by Gasteiger charge is -2.18. The first-order valence-electron chi connectivity index (χ1n) is 29.5. The zero-order valence-electron chi connectivity index (χ0n) is 44.9. The number of carbonyl (C=O) groups excluding carboxylic acids is 3.